The van der Waals surface area contributed by atoms with Gasteiger partial charge in [0, 0.05) is 42.3 Å². The van der Waals surface area contributed by atoms with E-state index in [4.69, 9.17) is 0 Å². The molecule has 0 aliphatic carbocycles. The summed E-state index contributed by atoms with van der Waals surface area (Å²) in [5.41, 5.74) is 3.40. The SMILES string of the molecule is CN1[C@@H]2CC[C@H]1CC(NC(=O)c1n[nH]c3ccc(-c4cnn(C)c4)cc13)C2. The number of fused-ring (bicyclic) bond motifs is 3. The van der Waals surface area contributed by atoms with Crippen molar-refractivity contribution < 1.29 is 4.79 Å². The molecule has 140 valence electrons. The van der Waals surface area contributed by atoms with Crippen LogP contribution in [0.25, 0.3) is 22.0 Å². The Morgan fingerprint density at radius 3 is 2.67 bits per heavy atom. The first-order chi connectivity index (χ1) is 13.1. The van der Waals surface area contributed by atoms with Gasteiger partial charge in [-0.3, -0.25) is 14.6 Å². The normalized spacial score (nSPS) is 25.2. The van der Waals surface area contributed by atoms with Crippen molar-refractivity contribution in [3.05, 3.63) is 36.3 Å². The molecule has 0 spiro atoms. The molecule has 2 fully saturated rings. The van der Waals surface area contributed by atoms with Crippen LogP contribution < -0.4 is 5.32 Å². The highest BCUT2D eigenvalue weighted by Crippen LogP contribution is 2.34. The molecule has 0 radical (unpaired) electrons. The highest BCUT2D eigenvalue weighted by Gasteiger charge is 2.39. The van der Waals surface area contributed by atoms with Crippen molar-refractivity contribution in [1.82, 2.24) is 30.2 Å². The molecule has 1 unspecified atom stereocenters. The maximum absolute atomic E-state index is 12.9. The number of rotatable bonds is 3. The summed E-state index contributed by atoms with van der Waals surface area (Å²) in [6.45, 7) is 0. The quantitative estimate of drug-likeness (QED) is 0.748. The Morgan fingerprint density at radius 1 is 1.19 bits per heavy atom. The number of nitrogens with one attached hydrogen (secondary N) is 2. The van der Waals surface area contributed by atoms with Gasteiger partial charge in [-0.2, -0.15) is 10.2 Å². The number of aryl methyl sites for hydroxylation is 1. The van der Waals surface area contributed by atoms with Gasteiger partial charge in [-0.1, -0.05) is 6.07 Å². The van der Waals surface area contributed by atoms with E-state index in [0.29, 0.717) is 17.8 Å². The third-order valence-electron chi connectivity index (χ3n) is 6.25. The van der Waals surface area contributed by atoms with Crippen LogP contribution in [0.15, 0.2) is 30.6 Å². The zero-order chi connectivity index (χ0) is 18.5. The number of piperidine rings is 1. The summed E-state index contributed by atoms with van der Waals surface area (Å²) in [7, 11) is 4.11. The monoisotopic (exact) mass is 364 g/mol. The molecule has 4 heterocycles. The molecule has 1 aromatic carbocycles. The van der Waals surface area contributed by atoms with E-state index in [-0.39, 0.29) is 11.9 Å². The number of H-pyrrole nitrogens is 1. The van der Waals surface area contributed by atoms with Crippen LogP contribution in [0.1, 0.15) is 36.2 Å². The van der Waals surface area contributed by atoms with Gasteiger partial charge in [-0.15, -0.1) is 0 Å². The van der Waals surface area contributed by atoms with E-state index >= 15 is 0 Å². The zero-order valence-electron chi connectivity index (χ0n) is 15.6. The van der Waals surface area contributed by atoms with Crippen molar-refractivity contribution in [3.63, 3.8) is 0 Å². The first kappa shape index (κ1) is 16.5. The summed E-state index contributed by atoms with van der Waals surface area (Å²) in [5.74, 6) is -0.0847. The Balaban J connectivity index is 1.40. The number of aromatic amines is 1. The van der Waals surface area contributed by atoms with Crippen molar-refractivity contribution in [2.24, 2.45) is 7.05 Å². The highest BCUT2D eigenvalue weighted by atomic mass is 16.2. The van der Waals surface area contributed by atoms with Crippen LogP contribution in [0, 0.1) is 0 Å². The number of amides is 1. The number of nitrogens with zero attached hydrogens (tertiary/aromatic N) is 4. The Labute approximate surface area is 157 Å². The van der Waals surface area contributed by atoms with Gasteiger partial charge in [0.2, 0.25) is 0 Å². The molecule has 2 aromatic heterocycles. The molecule has 2 N–H and O–H groups in total. The summed E-state index contributed by atoms with van der Waals surface area (Å²) in [6.07, 6.45) is 8.34. The van der Waals surface area contributed by atoms with Crippen LogP contribution in [-0.4, -0.2) is 56.0 Å². The smallest absolute Gasteiger partial charge is 0.272 e. The minimum Gasteiger partial charge on any atom is -0.348 e. The van der Waals surface area contributed by atoms with Gasteiger partial charge in [0.1, 0.15) is 0 Å². The maximum atomic E-state index is 12.9. The highest BCUT2D eigenvalue weighted by molar-refractivity contribution is 6.05. The van der Waals surface area contributed by atoms with Crippen LogP contribution in [0.5, 0.6) is 0 Å². The molecule has 5 rings (SSSR count). The second-order valence-corrected chi connectivity index (χ2v) is 7.93. The zero-order valence-corrected chi connectivity index (χ0v) is 15.6. The van der Waals surface area contributed by atoms with Crippen LogP contribution in [0.4, 0.5) is 0 Å². The molecule has 2 aliphatic rings. The van der Waals surface area contributed by atoms with Gasteiger partial charge < -0.3 is 10.2 Å². The number of hydrogen-bond acceptors (Lipinski definition) is 4. The lowest BCUT2D eigenvalue weighted by atomic mass is 9.97. The molecule has 3 atom stereocenters. The lowest BCUT2D eigenvalue weighted by Gasteiger charge is -2.36. The second-order valence-electron chi connectivity index (χ2n) is 7.93. The minimum atomic E-state index is -0.0847. The maximum Gasteiger partial charge on any atom is 0.272 e. The predicted octanol–water partition coefficient (Wildman–Crippen LogP) is 2.32. The molecule has 2 bridgehead atoms. The molecular formula is C20H24N6O. The van der Waals surface area contributed by atoms with Crippen molar-refractivity contribution in [1.29, 1.82) is 0 Å². The average molecular weight is 364 g/mol. The Kier molecular flexibility index (Phi) is 3.79. The molecule has 3 aromatic rings. The molecule has 0 saturated carbocycles. The fraction of sp³-hybridized carbons (Fsp3) is 0.450. The van der Waals surface area contributed by atoms with Gasteiger partial charge in [0.25, 0.3) is 5.91 Å². The largest absolute Gasteiger partial charge is 0.348 e. The average Bonchev–Trinajstić information content (AvgIpc) is 3.31. The fourth-order valence-corrected chi connectivity index (χ4v) is 4.72. The topological polar surface area (TPSA) is 78.8 Å². The number of carbonyl (C=O) groups is 1. The van der Waals surface area contributed by atoms with E-state index in [2.05, 4.69) is 32.6 Å². The van der Waals surface area contributed by atoms with E-state index < -0.39 is 0 Å². The Bertz CT molecular complexity index is 991. The van der Waals surface area contributed by atoms with Crippen LogP contribution in [0.2, 0.25) is 0 Å². The molecule has 2 saturated heterocycles. The summed E-state index contributed by atoms with van der Waals surface area (Å²) >= 11 is 0. The van der Waals surface area contributed by atoms with E-state index in [0.717, 1.165) is 34.9 Å². The first-order valence-corrected chi connectivity index (χ1v) is 9.58. The molecule has 7 heteroatoms. The van der Waals surface area contributed by atoms with Crippen LogP contribution >= 0.6 is 0 Å². The van der Waals surface area contributed by atoms with Crippen LogP contribution in [0.3, 0.4) is 0 Å². The van der Waals surface area contributed by atoms with Crippen molar-refractivity contribution in [3.8, 4) is 11.1 Å². The van der Waals surface area contributed by atoms with E-state index in [9.17, 15) is 4.79 Å². The first-order valence-electron chi connectivity index (χ1n) is 9.58. The van der Waals surface area contributed by atoms with Gasteiger partial charge in [0.15, 0.2) is 5.69 Å². The van der Waals surface area contributed by atoms with E-state index in [1.807, 2.05) is 37.6 Å². The van der Waals surface area contributed by atoms with Crippen molar-refractivity contribution in [2.75, 3.05) is 7.05 Å². The summed E-state index contributed by atoms with van der Waals surface area (Å²) in [4.78, 5) is 15.4. The third kappa shape index (κ3) is 2.82. The van der Waals surface area contributed by atoms with Gasteiger partial charge in [0.05, 0.1) is 11.7 Å². The van der Waals surface area contributed by atoms with E-state index in [1.165, 1.54) is 12.8 Å². The van der Waals surface area contributed by atoms with Gasteiger partial charge in [-0.05, 0) is 50.4 Å². The lowest BCUT2D eigenvalue weighted by Crippen LogP contribution is -2.48. The molecular weight excluding hydrogens is 340 g/mol. The van der Waals surface area contributed by atoms with Gasteiger partial charge in [-0.25, -0.2) is 0 Å². The third-order valence-corrected chi connectivity index (χ3v) is 6.25. The second kappa shape index (κ2) is 6.20. The van der Waals surface area contributed by atoms with E-state index in [1.54, 1.807) is 4.68 Å². The molecule has 1 amide bonds. The molecule has 27 heavy (non-hydrogen) atoms. The predicted molar refractivity (Wildman–Crippen MR) is 103 cm³/mol. The fourth-order valence-electron chi connectivity index (χ4n) is 4.72. The molecule has 7 nitrogen and oxygen atoms in total. The number of carbonyl (C=O) groups excluding carboxylic acids is 1. The van der Waals surface area contributed by atoms with Crippen molar-refractivity contribution in [2.45, 2.75) is 43.8 Å². The summed E-state index contributed by atoms with van der Waals surface area (Å²) in [5, 5.41) is 15.6. The number of hydrogen-bond donors (Lipinski definition) is 2. The Hall–Kier alpha value is -2.67. The Morgan fingerprint density at radius 2 is 1.96 bits per heavy atom. The molecule has 2 aliphatic heterocycles. The summed E-state index contributed by atoms with van der Waals surface area (Å²) in [6, 6.07) is 7.44. The number of aromatic nitrogens is 4. The van der Waals surface area contributed by atoms with Gasteiger partial charge >= 0.3 is 0 Å². The minimum absolute atomic E-state index is 0.0847. The lowest BCUT2D eigenvalue weighted by molar-refractivity contribution is 0.0879. The standard InChI is InChI=1S/C20H24N6O/c1-25-11-13(10-21-25)12-3-6-18-17(7-12)19(24-23-18)20(27)22-14-8-15-4-5-16(9-14)26(15)2/h3,6-7,10-11,14-16H,4-5,8-9H2,1-2H3,(H,22,27)(H,23,24)/t14?,15-,16+. The van der Waals surface area contributed by atoms with Crippen molar-refractivity contribution >= 4 is 16.8 Å². The summed E-state index contributed by atoms with van der Waals surface area (Å²) < 4.78 is 1.77. The van der Waals surface area contributed by atoms with Crippen LogP contribution in [-0.2, 0) is 7.05 Å². The number of benzene rings is 1.